The van der Waals surface area contributed by atoms with Crippen molar-refractivity contribution in [1.29, 1.82) is 0 Å². The zero-order valence-electron chi connectivity index (χ0n) is 14.1. The molecule has 0 bridgehead atoms. The highest BCUT2D eigenvalue weighted by Crippen LogP contribution is 2.43. The van der Waals surface area contributed by atoms with E-state index < -0.39 is 23.5 Å². The fourth-order valence-electron chi connectivity index (χ4n) is 3.10. The summed E-state index contributed by atoms with van der Waals surface area (Å²) in [5.74, 6) is -1.33. The van der Waals surface area contributed by atoms with Crippen molar-refractivity contribution in [3.05, 3.63) is 95.3 Å². The number of hydrogen-bond acceptors (Lipinski definition) is 3. The van der Waals surface area contributed by atoms with Crippen molar-refractivity contribution >= 4 is 11.8 Å². The molecule has 1 aliphatic rings. The van der Waals surface area contributed by atoms with E-state index in [1.54, 1.807) is 30.3 Å². The summed E-state index contributed by atoms with van der Waals surface area (Å²) < 4.78 is 19.6. The Hall–Kier alpha value is -3.67. The van der Waals surface area contributed by atoms with Gasteiger partial charge in [-0.25, -0.2) is 4.39 Å². The smallest absolute Gasteiger partial charge is 0.272 e. The van der Waals surface area contributed by atoms with Gasteiger partial charge >= 0.3 is 0 Å². The Labute approximate surface area is 154 Å². The SMILES string of the molecule is O=C(NNC(=O)C1c2ccccc2Oc2ccccc21)c1ccccc1F. The van der Waals surface area contributed by atoms with Crippen molar-refractivity contribution in [3.63, 3.8) is 0 Å². The van der Waals surface area contributed by atoms with E-state index in [-0.39, 0.29) is 5.56 Å². The van der Waals surface area contributed by atoms with Crippen LogP contribution in [0.2, 0.25) is 0 Å². The maximum absolute atomic E-state index is 13.7. The van der Waals surface area contributed by atoms with E-state index in [2.05, 4.69) is 10.9 Å². The second-order valence-corrected chi connectivity index (χ2v) is 6.03. The third-order valence-corrected chi connectivity index (χ3v) is 4.36. The van der Waals surface area contributed by atoms with Crippen LogP contribution in [-0.2, 0) is 4.79 Å². The number of para-hydroxylation sites is 2. The second-order valence-electron chi connectivity index (χ2n) is 6.03. The van der Waals surface area contributed by atoms with Gasteiger partial charge in [-0.3, -0.25) is 20.4 Å². The highest BCUT2D eigenvalue weighted by atomic mass is 19.1. The molecule has 1 aliphatic heterocycles. The zero-order chi connectivity index (χ0) is 18.8. The molecule has 27 heavy (non-hydrogen) atoms. The van der Waals surface area contributed by atoms with Crippen molar-refractivity contribution in [3.8, 4) is 11.5 Å². The lowest BCUT2D eigenvalue weighted by Crippen LogP contribution is -2.44. The fourth-order valence-corrected chi connectivity index (χ4v) is 3.10. The van der Waals surface area contributed by atoms with Crippen LogP contribution in [0.3, 0.4) is 0 Å². The number of hydrazine groups is 1. The van der Waals surface area contributed by atoms with E-state index in [1.165, 1.54) is 18.2 Å². The second kappa shape index (κ2) is 6.92. The van der Waals surface area contributed by atoms with Crippen LogP contribution >= 0.6 is 0 Å². The number of carbonyl (C=O) groups excluding carboxylic acids is 2. The van der Waals surface area contributed by atoms with Crippen molar-refractivity contribution in [2.45, 2.75) is 5.92 Å². The summed E-state index contributed by atoms with van der Waals surface area (Å²) in [6.45, 7) is 0. The van der Waals surface area contributed by atoms with Gasteiger partial charge in [0.25, 0.3) is 11.8 Å². The molecule has 2 amide bonds. The molecule has 0 radical (unpaired) electrons. The lowest BCUT2D eigenvalue weighted by atomic mass is 9.87. The first kappa shape index (κ1) is 16.8. The first-order chi connectivity index (χ1) is 13.1. The van der Waals surface area contributed by atoms with Gasteiger partial charge in [-0.1, -0.05) is 48.5 Å². The average molecular weight is 362 g/mol. The number of rotatable bonds is 2. The Bertz CT molecular complexity index is 990. The molecule has 0 aliphatic carbocycles. The van der Waals surface area contributed by atoms with E-state index in [4.69, 9.17) is 4.74 Å². The van der Waals surface area contributed by atoms with Crippen LogP contribution < -0.4 is 15.6 Å². The lowest BCUT2D eigenvalue weighted by Gasteiger charge is -2.27. The van der Waals surface area contributed by atoms with Crippen molar-refractivity contribution in [2.75, 3.05) is 0 Å². The monoisotopic (exact) mass is 362 g/mol. The topological polar surface area (TPSA) is 67.4 Å². The molecule has 0 fully saturated rings. The molecule has 0 aromatic heterocycles. The minimum Gasteiger partial charge on any atom is -0.457 e. The number of ether oxygens (including phenoxy) is 1. The number of hydrogen-bond donors (Lipinski definition) is 2. The number of fused-ring (bicyclic) bond motifs is 2. The molecule has 1 heterocycles. The van der Waals surface area contributed by atoms with Gasteiger partial charge in [0.1, 0.15) is 17.3 Å². The lowest BCUT2D eigenvalue weighted by molar-refractivity contribution is -0.122. The van der Waals surface area contributed by atoms with Gasteiger partial charge in [-0.15, -0.1) is 0 Å². The Balaban J connectivity index is 1.59. The predicted octanol–water partition coefficient (Wildman–Crippen LogP) is 3.52. The summed E-state index contributed by atoms with van der Waals surface area (Å²) in [5.41, 5.74) is 5.91. The molecule has 0 unspecified atom stereocenters. The largest absolute Gasteiger partial charge is 0.457 e. The quantitative estimate of drug-likeness (QED) is 0.686. The van der Waals surface area contributed by atoms with Gasteiger partial charge in [0.05, 0.1) is 11.5 Å². The molecule has 5 nitrogen and oxygen atoms in total. The molecule has 0 spiro atoms. The van der Waals surface area contributed by atoms with Gasteiger partial charge < -0.3 is 4.74 Å². The molecule has 0 saturated carbocycles. The maximum atomic E-state index is 13.7. The number of benzene rings is 3. The van der Waals surface area contributed by atoms with Crippen LogP contribution in [-0.4, -0.2) is 11.8 Å². The van der Waals surface area contributed by atoms with Gasteiger partial charge in [0, 0.05) is 11.1 Å². The summed E-state index contributed by atoms with van der Waals surface area (Å²) in [4.78, 5) is 25.0. The Morgan fingerprint density at radius 1 is 0.778 bits per heavy atom. The number of amides is 2. The van der Waals surface area contributed by atoms with Crippen LogP contribution in [0.25, 0.3) is 0 Å². The van der Waals surface area contributed by atoms with Crippen molar-refractivity contribution < 1.29 is 18.7 Å². The Morgan fingerprint density at radius 2 is 1.33 bits per heavy atom. The van der Waals surface area contributed by atoms with Crippen LogP contribution in [0.15, 0.2) is 72.8 Å². The molecule has 0 atom stereocenters. The third kappa shape index (κ3) is 3.13. The minimum atomic E-state index is -0.727. The van der Waals surface area contributed by atoms with Gasteiger partial charge in [0.15, 0.2) is 0 Å². The summed E-state index contributed by atoms with van der Waals surface area (Å²) in [5, 5.41) is 0. The number of nitrogens with one attached hydrogen (secondary N) is 2. The summed E-state index contributed by atoms with van der Waals surface area (Å²) in [6.07, 6.45) is 0. The fraction of sp³-hybridized carbons (Fsp3) is 0.0476. The molecule has 3 aromatic rings. The number of carbonyl (C=O) groups is 2. The van der Waals surface area contributed by atoms with Crippen LogP contribution in [0.5, 0.6) is 11.5 Å². The molecule has 4 rings (SSSR count). The first-order valence-corrected chi connectivity index (χ1v) is 8.35. The van der Waals surface area contributed by atoms with Gasteiger partial charge in [-0.05, 0) is 24.3 Å². The third-order valence-electron chi connectivity index (χ3n) is 4.36. The van der Waals surface area contributed by atoms with E-state index >= 15 is 0 Å². The highest BCUT2D eigenvalue weighted by Gasteiger charge is 2.32. The van der Waals surface area contributed by atoms with Crippen LogP contribution in [0.4, 0.5) is 4.39 Å². The molecule has 0 saturated heterocycles. The van der Waals surface area contributed by atoms with Gasteiger partial charge in [-0.2, -0.15) is 0 Å². The Morgan fingerprint density at radius 3 is 1.96 bits per heavy atom. The Kier molecular flexibility index (Phi) is 4.30. The minimum absolute atomic E-state index is 0.148. The normalized spacial score (nSPS) is 12.3. The van der Waals surface area contributed by atoms with E-state index in [0.29, 0.717) is 22.6 Å². The standard InChI is InChI=1S/C21H15FN2O3/c22-16-10-4-1-7-13(16)20(25)23-24-21(26)19-14-8-2-5-11-17(14)27-18-12-6-3-9-15(18)19/h1-12,19H,(H,23,25)(H,24,26). The van der Waals surface area contributed by atoms with E-state index in [9.17, 15) is 14.0 Å². The zero-order valence-corrected chi connectivity index (χ0v) is 14.1. The number of halogens is 1. The summed E-state index contributed by atoms with van der Waals surface area (Å²) in [7, 11) is 0. The molecule has 3 aromatic carbocycles. The summed E-state index contributed by atoms with van der Waals surface area (Å²) in [6, 6.07) is 20.0. The van der Waals surface area contributed by atoms with E-state index in [0.717, 1.165) is 0 Å². The molecular formula is C21H15FN2O3. The average Bonchev–Trinajstić information content (AvgIpc) is 2.70. The molecular weight excluding hydrogens is 347 g/mol. The predicted molar refractivity (Wildman–Crippen MR) is 96.8 cm³/mol. The molecule has 6 heteroatoms. The van der Waals surface area contributed by atoms with Gasteiger partial charge in [0.2, 0.25) is 0 Å². The molecule has 134 valence electrons. The van der Waals surface area contributed by atoms with Crippen LogP contribution in [0, 0.1) is 5.82 Å². The van der Waals surface area contributed by atoms with Crippen LogP contribution in [0.1, 0.15) is 27.4 Å². The first-order valence-electron chi connectivity index (χ1n) is 8.35. The maximum Gasteiger partial charge on any atom is 0.272 e. The van der Waals surface area contributed by atoms with Crippen molar-refractivity contribution in [1.82, 2.24) is 10.9 Å². The summed E-state index contributed by atoms with van der Waals surface area (Å²) >= 11 is 0. The highest BCUT2D eigenvalue weighted by molar-refractivity contribution is 5.97. The van der Waals surface area contributed by atoms with E-state index in [1.807, 2.05) is 24.3 Å². The van der Waals surface area contributed by atoms with Crippen molar-refractivity contribution in [2.24, 2.45) is 0 Å². The molecule has 2 N–H and O–H groups in total.